The van der Waals surface area contributed by atoms with Gasteiger partial charge >= 0.3 is 0 Å². The Hall–Kier alpha value is -2.13. The van der Waals surface area contributed by atoms with Gasteiger partial charge in [-0.25, -0.2) is 9.55 Å². The molecule has 4 rings (SSSR count). The molecule has 2 nitrogen and oxygen atoms in total. The molecule has 3 heteroatoms. The molecule has 3 heterocycles. The van der Waals surface area contributed by atoms with Crippen LogP contribution in [0.5, 0.6) is 0 Å². The van der Waals surface area contributed by atoms with E-state index >= 15 is 0 Å². The Kier molecular flexibility index (Phi) is 3.50. The van der Waals surface area contributed by atoms with E-state index in [0.29, 0.717) is 0 Å². The van der Waals surface area contributed by atoms with Crippen LogP contribution >= 0.6 is 11.8 Å². The minimum absolute atomic E-state index is 0.0417. The van der Waals surface area contributed by atoms with Crippen LogP contribution in [0.15, 0.2) is 64.8 Å². The first-order chi connectivity index (χ1) is 11.5. The van der Waals surface area contributed by atoms with Crippen LogP contribution in [0.1, 0.15) is 30.5 Å². The molecule has 120 valence electrons. The Morgan fingerprint density at radius 2 is 1.83 bits per heavy atom. The van der Waals surface area contributed by atoms with E-state index in [1.54, 1.807) is 11.8 Å². The van der Waals surface area contributed by atoms with Gasteiger partial charge in [0.25, 0.3) is 0 Å². The molecule has 2 aromatic heterocycles. The minimum atomic E-state index is -0.0417. The fourth-order valence-electron chi connectivity index (χ4n) is 3.57. The van der Waals surface area contributed by atoms with Crippen molar-refractivity contribution in [3.05, 3.63) is 71.5 Å². The summed E-state index contributed by atoms with van der Waals surface area (Å²) in [6.07, 6.45) is 4.00. The van der Waals surface area contributed by atoms with E-state index in [4.69, 9.17) is 0 Å². The van der Waals surface area contributed by atoms with Crippen molar-refractivity contribution in [3.8, 4) is 11.3 Å². The first-order valence-corrected chi connectivity index (χ1v) is 9.04. The molecule has 0 unspecified atom stereocenters. The predicted molar refractivity (Wildman–Crippen MR) is 98.3 cm³/mol. The standard InChI is InChI=1S/C21H21N2S/c1-14-10-11-15-19(18(14)17-9-5-6-13-23(17)4)24-20-16(21(15,2)3)8-7-12-22-20/h5-13H,1-4H3/q+1. The second-order valence-electron chi connectivity index (χ2n) is 6.91. The Balaban J connectivity index is 2.03. The molecular weight excluding hydrogens is 312 g/mol. The third kappa shape index (κ3) is 2.19. The monoisotopic (exact) mass is 333 g/mol. The van der Waals surface area contributed by atoms with E-state index in [2.05, 4.69) is 80.0 Å². The molecule has 3 aromatic rings. The largest absolute Gasteiger partial charge is 0.249 e. The van der Waals surface area contributed by atoms with Crippen LogP contribution in [0.2, 0.25) is 0 Å². The lowest BCUT2D eigenvalue weighted by molar-refractivity contribution is -0.660. The van der Waals surface area contributed by atoms with Gasteiger partial charge < -0.3 is 0 Å². The van der Waals surface area contributed by atoms with Gasteiger partial charge in [0.05, 0.1) is 5.56 Å². The molecule has 0 bridgehead atoms. The summed E-state index contributed by atoms with van der Waals surface area (Å²) in [6, 6.07) is 15.2. The van der Waals surface area contributed by atoms with Gasteiger partial charge in [-0.15, -0.1) is 0 Å². The van der Waals surface area contributed by atoms with E-state index in [1.807, 2.05) is 12.3 Å². The van der Waals surface area contributed by atoms with Gasteiger partial charge in [-0.1, -0.05) is 43.8 Å². The summed E-state index contributed by atoms with van der Waals surface area (Å²) in [5.74, 6) is 0. The third-order valence-corrected chi connectivity index (χ3v) is 6.14. The fraction of sp³-hybridized carbons (Fsp3) is 0.238. The summed E-state index contributed by atoms with van der Waals surface area (Å²) in [4.78, 5) is 6.00. The number of pyridine rings is 2. The zero-order valence-corrected chi connectivity index (χ0v) is 15.3. The van der Waals surface area contributed by atoms with Crippen LogP contribution in [-0.2, 0) is 12.5 Å². The third-order valence-electron chi connectivity index (χ3n) is 4.99. The van der Waals surface area contributed by atoms with E-state index < -0.39 is 0 Å². The van der Waals surface area contributed by atoms with Crippen molar-refractivity contribution in [1.82, 2.24) is 4.98 Å². The van der Waals surface area contributed by atoms with E-state index in [-0.39, 0.29) is 5.41 Å². The summed E-state index contributed by atoms with van der Waals surface area (Å²) in [5.41, 5.74) is 6.53. The van der Waals surface area contributed by atoms with Gasteiger partial charge in [-0.2, -0.15) is 0 Å². The Morgan fingerprint density at radius 1 is 1.00 bits per heavy atom. The molecule has 0 fully saturated rings. The van der Waals surface area contributed by atoms with Crippen LogP contribution < -0.4 is 4.57 Å². The average Bonchev–Trinajstić information content (AvgIpc) is 2.56. The van der Waals surface area contributed by atoms with Crippen molar-refractivity contribution in [2.75, 3.05) is 0 Å². The molecule has 0 amide bonds. The molecule has 1 aliphatic rings. The number of benzene rings is 1. The van der Waals surface area contributed by atoms with Crippen molar-refractivity contribution in [2.45, 2.75) is 36.1 Å². The summed E-state index contributed by atoms with van der Waals surface area (Å²) in [5, 5.41) is 1.13. The lowest BCUT2D eigenvalue weighted by Crippen LogP contribution is -2.31. The van der Waals surface area contributed by atoms with Crippen molar-refractivity contribution < 1.29 is 4.57 Å². The highest BCUT2D eigenvalue weighted by Gasteiger charge is 2.36. The lowest BCUT2D eigenvalue weighted by atomic mass is 9.77. The van der Waals surface area contributed by atoms with E-state index in [9.17, 15) is 0 Å². The van der Waals surface area contributed by atoms with Crippen molar-refractivity contribution in [1.29, 1.82) is 0 Å². The van der Waals surface area contributed by atoms with Gasteiger partial charge in [0.1, 0.15) is 12.1 Å². The second kappa shape index (κ2) is 5.45. The zero-order chi connectivity index (χ0) is 16.9. The van der Waals surface area contributed by atoms with Gasteiger partial charge in [0, 0.05) is 28.6 Å². The minimum Gasteiger partial charge on any atom is -0.249 e. The summed E-state index contributed by atoms with van der Waals surface area (Å²) < 4.78 is 2.20. The Bertz CT molecular complexity index is 944. The van der Waals surface area contributed by atoms with Gasteiger partial charge in [0.15, 0.2) is 6.20 Å². The van der Waals surface area contributed by atoms with Crippen molar-refractivity contribution in [3.63, 3.8) is 0 Å². The van der Waals surface area contributed by atoms with Crippen LogP contribution in [0.4, 0.5) is 0 Å². The van der Waals surface area contributed by atoms with Gasteiger partial charge in [-0.05, 0) is 35.7 Å². The van der Waals surface area contributed by atoms with Crippen LogP contribution in [0.3, 0.4) is 0 Å². The predicted octanol–water partition coefficient (Wildman–Crippen LogP) is 4.67. The van der Waals surface area contributed by atoms with Crippen LogP contribution in [0.25, 0.3) is 11.3 Å². The average molecular weight is 333 g/mol. The highest BCUT2D eigenvalue weighted by Crippen LogP contribution is 2.51. The smallest absolute Gasteiger partial charge is 0.213 e. The number of hydrogen-bond acceptors (Lipinski definition) is 2. The lowest BCUT2D eigenvalue weighted by Gasteiger charge is -2.34. The molecular formula is C21H21N2S+. The summed E-state index contributed by atoms with van der Waals surface area (Å²) in [6.45, 7) is 6.80. The number of rotatable bonds is 1. The van der Waals surface area contributed by atoms with Gasteiger partial charge in [0.2, 0.25) is 5.69 Å². The van der Waals surface area contributed by atoms with Crippen LogP contribution in [0, 0.1) is 6.92 Å². The molecule has 0 aliphatic carbocycles. The maximum Gasteiger partial charge on any atom is 0.213 e. The van der Waals surface area contributed by atoms with Crippen LogP contribution in [-0.4, -0.2) is 4.98 Å². The SMILES string of the molecule is Cc1ccc2c(c1-c1cccc[n+]1C)Sc1ncccc1C2(C)C. The highest BCUT2D eigenvalue weighted by molar-refractivity contribution is 7.99. The number of aromatic nitrogens is 2. The molecule has 0 spiro atoms. The number of aryl methyl sites for hydroxylation is 2. The summed E-state index contributed by atoms with van der Waals surface area (Å²) in [7, 11) is 2.11. The molecule has 24 heavy (non-hydrogen) atoms. The first kappa shape index (κ1) is 15.4. The van der Waals surface area contributed by atoms with Crippen molar-refractivity contribution >= 4 is 11.8 Å². The molecule has 1 aliphatic heterocycles. The fourth-order valence-corrected chi connectivity index (χ4v) is 5.11. The maximum atomic E-state index is 4.66. The molecule has 0 N–H and O–H groups in total. The number of fused-ring (bicyclic) bond motifs is 2. The number of nitrogens with zero attached hydrogens (tertiary/aromatic N) is 2. The highest BCUT2D eigenvalue weighted by atomic mass is 32.2. The topological polar surface area (TPSA) is 16.8 Å². The molecule has 1 aromatic carbocycles. The van der Waals surface area contributed by atoms with Gasteiger partial charge in [-0.3, -0.25) is 0 Å². The molecule has 0 saturated heterocycles. The van der Waals surface area contributed by atoms with E-state index in [1.165, 1.54) is 32.8 Å². The summed E-state index contributed by atoms with van der Waals surface area (Å²) >= 11 is 1.80. The quantitative estimate of drug-likeness (QED) is 0.602. The Morgan fingerprint density at radius 3 is 2.62 bits per heavy atom. The molecule has 0 atom stereocenters. The van der Waals surface area contributed by atoms with Crippen molar-refractivity contribution in [2.24, 2.45) is 7.05 Å². The van der Waals surface area contributed by atoms with E-state index in [0.717, 1.165) is 5.03 Å². The second-order valence-corrected chi connectivity index (χ2v) is 7.91. The normalized spacial score (nSPS) is 14.8. The Labute approximate surface area is 147 Å². The maximum absolute atomic E-state index is 4.66. The number of hydrogen-bond donors (Lipinski definition) is 0. The molecule has 0 radical (unpaired) electrons. The zero-order valence-electron chi connectivity index (χ0n) is 14.5. The first-order valence-electron chi connectivity index (χ1n) is 8.22. The molecule has 0 saturated carbocycles.